The van der Waals surface area contributed by atoms with Gasteiger partial charge >= 0.3 is 0 Å². The second-order valence-electron chi connectivity index (χ2n) is 4.57. The summed E-state index contributed by atoms with van der Waals surface area (Å²) in [4.78, 5) is 11.7. The number of carbonyl (C=O) groups is 1. The largest absolute Gasteiger partial charge is 0.299 e. The zero-order valence-electron chi connectivity index (χ0n) is 9.56. The van der Waals surface area contributed by atoms with Crippen molar-refractivity contribution in [2.24, 2.45) is 5.92 Å². The topological polar surface area (TPSA) is 17.1 Å². The molecule has 1 fully saturated rings. The number of hydrogen-bond donors (Lipinski definition) is 0. The van der Waals surface area contributed by atoms with E-state index in [-0.39, 0.29) is 5.92 Å². The fourth-order valence-electron chi connectivity index (χ4n) is 2.57. The minimum Gasteiger partial charge on any atom is -0.299 e. The van der Waals surface area contributed by atoms with Crippen LogP contribution in [0, 0.1) is 5.92 Å². The lowest BCUT2D eigenvalue weighted by atomic mass is 9.76. The third-order valence-corrected chi connectivity index (χ3v) is 3.49. The molecule has 0 amide bonds. The van der Waals surface area contributed by atoms with Gasteiger partial charge in [-0.3, -0.25) is 4.79 Å². The number of benzene rings is 1. The third-order valence-electron chi connectivity index (χ3n) is 3.49. The molecule has 0 aliphatic heterocycles. The molecule has 1 nitrogen and oxygen atoms in total. The molecule has 1 aromatic rings. The van der Waals surface area contributed by atoms with Gasteiger partial charge < -0.3 is 0 Å². The van der Waals surface area contributed by atoms with Crippen LogP contribution in [0.25, 0.3) is 0 Å². The van der Waals surface area contributed by atoms with E-state index in [1.54, 1.807) is 0 Å². The van der Waals surface area contributed by atoms with Gasteiger partial charge in [0.2, 0.25) is 0 Å². The maximum Gasteiger partial charge on any atom is 0.136 e. The first-order valence-corrected chi connectivity index (χ1v) is 6.00. The number of ketones is 1. The molecular weight excluding hydrogens is 196 g/mol. The Labute approximate surface area is 97.2 Å². The van der Waals surface area contributed by atoms with Crippen molar-refractivity contribution in [1.82, 2.24) is 0 Å². The van der Waals surface area contributed by atoms with Crippen LogP contribution in [0.3, 0.4) is 0 Å². The molecular formula is C15H18O. The van der Waals surface area contributed by atoms with Gasteiger partial charge in [-0.05, 0) is 30.7 Å². The second-order valence-corrected chi connectivity index (χ2v) is 4.57. The van der Waals surface area contributed by atoms with E-state index in [4.69, 9.17) is 0 Å². The van der Waals surface area contributed by atoms with Crippen LogP contribution in [-0.2, 0) is 4.79 Å². The van der Waals surface area contributed by atoms with Gasteiger partial charge in [-0.1, -0.05) is 36.4 Å². The summed E-state index contributed by atoms with van der Waals surface area (Å²) >= 11 is 0. The van der Waals surface area contributed by atoms with Crippen LogP contribution >= 0.6 is 0 Å². The van der Waals surface area contributed by atoms with E-state index in [2.05, 4.69) is 30.8 Å². The summed E-state index contributed by atoms with van der Waals surface area (Å²) in [6.07, 6.45) is 5.45. The molecule has 1 saturated carbocycles. The molecule has 0 saturated heterocycles. The van der Waals surface area contributed by atoms with Gasteiger partial charge in [-0.2, -0.15) is 0 Å². The highest BCUT2D eigenvalue weighted by atomic mass is 16.1. The zero-order valence-corrected chi connectivity index (χ0v) is 9.56. The van der Waals surface area contributed by atoms with Gasteiger partial charge in [-0.25, -0.2) is 0 Å². The molecule has 0 bridgehead atoms. The molecule has 0 spiro atoms. The van der Waals surface area contributed by atoms with Crippen LogP contribution in [0.4, 0.5) is 0 Å². The van der Waals surface area contributed by atoms with E-state index in [1.165, 1.54) is 5.56 Å². The average Bonchev–Trinajstić information content (AvgIpc) is 2.33. The number of rotatable bonds is 3. The van der Waals surface area contributed by atoms with Crippen molar-refractivity contribution in [3.63, 3.8) is 0 Å². The van der Waals surface area contributed by atoms with Crippen molar-refractivity contribution in [3.05, 3.63) is 48.6 Å². The summed E-state index contributed by atoms with van der Waals surface area (Å²) < 4.78 is 0. The fourth-order valence-corrected chi connectivity index (χ4v) is 2.57. The molecule has 0 radical (unpaired) electrons. The van der Waals surface area contributed by atoms with E-state index in [1.807, 2.05) is 12.1 Å². The Morgan fingerprint density at radius 2 is 2.06 bits per heavy atom. The van der Waals surface area contributed by atoms with Gasteiger partial charge in [0.25, 0.3) is 0 Å². The summed E-state index contributed by atoms with van der Waals surface area (Å²) in [7, 11) is 0. The fraction of sp³-hybridized carbons (Fsp3) is 0.400. The summed E-state index contributed by atoms with van der Waals surface area (Å²) in [6, 6.07) is 10.5. The van der Waals surface area contributed by atoms with Crippen LogP contribution in [0.1, 0.15) is 37.2 Å². The molecule has 0 aromatic heterocycles. The molecule has 1 aromatic carbocycles. The lowest BCUT2D eigenvalue weighted by molar-refractivity contribution is -0.124. The normalized spacial score (nSPS) is 25.4. The van der Waals surface area contributed by atoms with Gasteiger partial charge in [0, 0.05) is 12.3 Å². The lowest BCUT2D eigenvalue weighted by Gasteiger charge is -2.27. The van der Waals surface area contributed by atoms with Gasteiger partial charge in [-0.15, -0.1) is 6.58 Å². The van der Waals surface area contributed by atoms with Crippen molar-refractivity contribution in [1.29, 1.82) is 0 Å². The summed E-state index contributed by atoms with van der Waals surface area (Å²) in [6.45, 7) is 3.73. The number of carbonyl (C=O) groups excluding carboxylic acids is 1. The Balaban J connectivity index is 2.08. The monoisotopic (exact) mass is 214 g/mol. The Bertz CT molecular complexity index is 366. The van der Waals surface area contributed by atoms with Gasteiger partial charge in [0.05, 0.1) is 0 Å². The maximum absolute atomic E-state index is 11.7. The maximum atomic E-state index is 11.7. The van der Waals surface area contributed by atoms with Crippen LogP contribution < -0.4 is 0 Å². The molecule has 0 heterocycles. The Kier molecular flexibility index (Phi) is 3.55. The number of Topliss-reactive ketones (excluding diaryl/α,β-unsaturated/α-hetero) is 1. The smallest absolute Gasteiger partial charge is 0.136 e. The van der Waals surface area contributed by atoms with Crippen LogP contribution in [-0.4, -0.2) is 5.78 Å². The van der Waals surface area contributed by atoms with E-state index in [0.717, 1.165) is 25.7 Å². The van der Waals surface area contributed by atoms with Gasteiger partial charge in [0.15, 0.2) is 0 Å². The summed E-state index contributed by atoms with van der Waals surface area (Å²) in [5, 5.41) is 0. The minimum atomic E-state index is 0.205. The van der Waals surface area contributed by atoms with Crippen LogP contribution in [0.15, 0.2) is 43.0 Å². The highest BCUT2D eigenvalue weighted by Crippen LogP contribution is 2.35. The second kappa shape index (κ2) is 5.11. The van der Waals surface area contributed by atoms with Crippen molar-refractivity contribution < 1.29 is 4.79 Å². The van der Waals surface area contributed by atoms with Gasteiger partial charge in [0.1, 0.15) is 5.78 Å². The summed E-state index contributed by atoms with van der Waals surface area (Å²) in [5.41, 5.74) is 1.38. The molecule has 1 aliphatic carbocycles. The number of allylic oxidation sites excluding steroid dienone is 1. The molecule has 2 rings (SSSR count). The van der Waals surface area contributed by atoms with E-state index >= 15 is 0 Å². The zero-order chi connectivity index (χ0) is 11.4. The highest BCUT2D eigenvalue weighted by Gasteiger charge is 2.28. The molecule has 2 unspecified atom stereocenters. The molecule has 2 atom stereocenters. The molecule has 84 valence electrons. The van der Waals surface area contributed by atoms with Crippen LogP contribution in [0.5, 0.6) is 0 Å². The van der Waals surface area contributed by atoms with Crippen molar-refractivity contribution in [3.8, 4) is 0 Å². The Morgan fingerprint density at radius 3 is 2.75 bits per heavy atom. The van der Waals surface area contributed by atoms with E-state index in [9.17, 15) is 4.79 Å². The van der Waals surface area contributed by atoms with E-state index in [0.29, 0.717) is 11.7 Å². The van der Waals surface area contributed by atoms with Crippen molar-refractivity contribution in [2.45, 2.75) is 31.6 Å². The third kappa shape index (κ3) is 2.41. The average molecular weight is 214 g/mol. The minimum absolute atomic E-state index is 0.205. The quantitative estimate of drug-likeness (QED) is 0.701. The summed E-state index contributed by atoms with van der Waals surface area (Å²) in [5.74, 6) is 1.19. The standard InChI is InChI=1S/C15H18O/c1-2-6-14-11-13(9-10-15(14)16)12-7-4-3-5-8-12/h2-5,7-8,13-14H,1,6,9-11H2. The molecule has 16 heavy (non-hydrogen) atoms. The first-order chi connectivity index (χ1) is 7.81. The molecule has 0 N–H and O–H groups in total. The first-order valence-electron chi connectivity index (χ1n) is 6.00. The lowest BCUT2D eigenvalue weighted by Crippen LogP contribution is -2.23. The SMILES string of the molecule is C=CCC1CC(c2ccccc2)CCC1=O. The molecule has 1 heteroatoms. The van der Waals surface area contributed by atoms with Crippen molar-refractivity contribution >= 4 is 5.78 Å². The highest BCUT2D eigenvalue weighted by molar-refractivity contribution is 5.82. The Morgan fingerprint density at radius 1 is 1.31 bits per heavy atom. The predicted molar refractivity (Wildman–Crippen MR) is 66.3 cm³/mol. The predicted octanol–water partition coefficient (Wildman–Crippen LogP) is 3.72. The Hall–Kier alpha value is -1.37. The first kappa shape index (κ1) is 11.1. The van der Waals surface area contributed by atoms with Crippen LogP contribution in [0.2, 0.25) is 0 Å². The number of hydrogen-bond acceptors (Lipinski definition) is 1. The molecule has 1 aliphatic rings. The van der Waals surface area contributed by atoms with E-state index < -0.39 is 0 Å². The van der Waals surface area contributed by atoms with Crippen molar-refractivity contribution in [2.75, 3.05) is 0 Å².